The average Bonchev–Trinajstić information content (AvgIpc) is 2.70. The highest BCUT2D eigenvalue weighted by molar-refractivity contribution is 5.91. The lowest BCUT2D eigenvalue weighted by molar-refractivity contribution is 0.249. The van der Waals surface area contributed by atoms with Crippen LogP contribution < -0.4 is 11.2 Å². The molecule has 0 fully saturated rings. The summed E-state index contributed by atoms with van der Waals surface area (Å²) in [6, 6.07) is 7.40. The number of nitrogens with zero attached hydrogens (tertiary/aromatic N) is 1. The van der Waals surface area contributed by atoms with E-state index in [1.54, 1.807) is 0 Å². The second-order valence-corrected chi connectivity index (χ2v) is 3.86. The Kier molecular flexibility index (Phi) is 3.09. The number of hydrogen-bond donors (Lipinski definition) is 3. The number of benzene rings is 1. The van der Waals surface area contributed by atoms with Gasteiger partial charge in [0.2, 0.25) is 0 Å². The van der Waals surface area contributed by atoms with Crippen molar-refractivity contribution in [2.75, 3.05) is 0 Å². The van der Waals surface area contributed by atoms with Crippen LogP contribution in [0.15, 0.2) is 35.6 Å². The molecule has 2 rings (SSSR count). The lowest BCUT2D eigenvalue weighted by atomic mass is 10.1. The zero-order valence-electron chi connectivity index (χ0n) is 9.53. The van der Waals surface area contributed by atoms with Gasteiger partial charge in [-0.05, 0) is 18.6 Å². The second kappa shape index (κ2) is 4.69. The summed E-state index contributed by atoms with van der Waals surface area (Å²) < 4.78 is 0. The molecule has 1 aromatic heterocycles. The van der Waals surface area contributed by atoms with Gasteiger partial charge >= 0.3 is 6.03 Å². The second-order valence-electron chi connectivity index (χ2n) is 3.86. The van der Waals surface area contributed by atoms with Gasteiger partial charge in [-0.15, -0.1) is 0 Å². The first kappa shape index (κ1) is 11.2. The number of nitrogens with one attached hydrogen (secondary N) is 2. The van der Waals surface area contributed by atoms with Gasteiger partial charge in [0.15, 0.2) is 0 Å². The van der Waals surface area contributed by atoms with Crippen LogP contribution in [-0.4, -0.2) is 16.7 Å². The number of carbonyl (C=O) groups excluding carboxylic acids is 1. The quantitative estimate of drug-likeness (QED) is 0.544. The van der Waals surface area contributed by atoms with Crippen molar-refractivity contribution in [2.24, 2.45) is 10.8 Å². The molecule has 5 heteroatoms. The highest BCUT2D eigenvalue weighted by atomic mass is 16.2. The highest BCUT2D eigenvalue weighted by Crippen LogP contribution is 2.18. The number of urea groups is 1. The number of hydrazone groups is 1. The summed E-state index contributed by atoms with van der Waals surface area (Å²) in [6.07, 6.45) is 2.62. The van der Waals surface area contributed by atoms with Crippen molar-refractivity contribution in [3.05, 3.63) is 36.0 Å². The predicted octanol–water partition coefficient (Wildman–Crippen LogP) is 1.75. The summed E-state index contributed by atoms with van der Waals surface area (Å²) in [5.74, 6) is 0. The molecule has 0 unspecified atom stereocenters. The molecule has 1 heterocycles. The van der Waals surface area contributed by atoms with E-state index in [0.717, 1.165) is 16.8 Å². The van der Waals surface area contributed by atoms with Crippen LogP contribution in [-0.2, 0) is 6.42 Å². The van der Waals surface area contributed by atoms with Gasteiger partial charge in [0.1, 0.15) is 0 Å². The third kappa shape index (κ3) is 2.63. The molecule has 17 heavy (non-hydrogen) atoms. The first-order chi connectivity index (χ1) is 8.16. The van der Waals surface area contributed by atoms with Crippen molar-refractivity contribution < 1.29 is 4.79 Å². The number of H-pyrrole nitrogens is 1. The van der Waals surface area contributed by atoms with Gasteiger partial charge in [0.25, 0.3) is 0 Å². The Morgan fingerprint density at radius 2 is 2.24 bits per heavy atom. The monoisotopic (exact) mass is 230 g/mol. The number of aromatic amines is 1. The number of amides is 2. The number of para-hydroxylation sites is 1. The fourth-order valence-electron chi connectivity index (χ4n) is 1.74. The molecule has 0 spiro atoms. The molecule has 4 N–H and O–H groups in total. The summed E-state index contributed by atoms with van der Waals surface area (Å²) in [6.45, 7) is 1.84. The number of hydrogen-bond acceptors (Lipinski definition) is 2. The van der Waals surface area contributed by atoms with Gasteiger partial charge in [-0.3, -0.25) is 0 Å². The van der Waals surface area contributed by atoms with Gasteiger partial charge in [0, 0.05) is 29.2 Å². The van der Waals surface area contributed by atoms with Crippen LogP contribution >= 0.6 is 0 Å². The standard InChI is InChI=1S/C12H14N4O/c1-8(15-16-12(13)17)6-9-7-14-11-5-3-2-4-10(9)11/h2-5,7,14H,6H2,1H3,(H3,13,16,17). The molecule has 0 aliphatic carbocycles. The molecule has 0 saturated heterocycles. The maximum absolute atomic E-state index is 10.5. The molecule has 2 aromatic rings. The topological polar surface area (TPSA) is 83.3 Å². The summed E-state index contributed by atoms with van der Waals surface area (Å²) >= 11 is 0. The molecule has 1 aromatic carbocycles. The summed E-state index contributed by atoms with van der Waals surface area (Å²) in [5, 5.41) is 5.05. The molecular weight excluding hydrogens is 216 g/mol. The summed E-state index contributed by atoms with van der Waals surface area (Å²) in [7, 11) is 0. The minimum Gasteiger partial charge on any atom is -0.361 e. The average molecular weight is 230 g/mol. The Morgan fingerprint density at radius 1 is 1.47 bits per heavy atom. The maximum Gasteiger partial charge on any atom is 0.332 e. The number of aromatic nitrogens is 1. The number of fused-ring (bicyclic) bond motifs is 1. The zero-order chi connectivity index (χ0) is 12.3. The van der Waals surface area contributed by atoms with Gasteiger partial charge in [-0.1, -0.05) is 18.2 Å². The van der Waals surface area contributed by atoms with Crippen LogP contribution in [0.25, 0.3) is 10.9 Å². The van der Waals surface area contributed by atoms with E-state index in [0.29, 0.717) is 6.42 Å². The van der Waals surface area contributed by atoms with Crippen LogP contribution in [0.3, 0.4) is 0 Å². The fraction of sp³-hybridized carbons (Fsp3) is 0.167. The van der Waals surface area contributed by atoms with Gasteiger partial charge < -0.3 is 10.7 Å². The first-order valence-electron chi connectivity index (χ1n) is 5.30. The van der Waals surface area contributed by atoms with E-state index in [-0.39, 0.29) is 0 Å². The van der Waals surface area contributed by atoms with E-state index in [1.165, 1.54) is 5.39 Å². The molecule has 0 aliphatic rings. The molecule has 0 aliphatic heterocycles. The van der Waals surface area contributed by atoms with Crippen LogP contribution in [0, 0.1) is 0 Å². The van der Waals surface area contributed by atoms with E-state index in [1.807, 2.05) is 31.3 Å². The lowest BCUT2D eigenvalue weighted by Crippen LogP contribution is -2.25. The van der Waals surface area contributed by atoms with E-state index in [4.69, 9.17) is 5.73 Å². The lowest BCUT2D eigenvalue weighted by Gasteiger charge is -1.99. The fourth-order valence-corrected chi connectivity index (χ4v) is 1.74. The van der Waals surface area contributed by atoms with E-state index >= 15 is 0 Å². The SMILES string of the molecule is CC(Cc1c[nH]c2ccccc12)=NNC(N)=O. The van der Waals surface area contributed by atoms with Crippen molar-refractivity contribution in [2.45, 2.75) is 13.3 Å². The largest absolute Gasteiger partial charge is 0.361 e. The van der Waals surface area contributed by atoms with Crippen molar-refractivity contribution >= 4 is 22.6 Å². The van der Waals surface area contributed by atoms with Crippen molar-refractivity contribution in [1.29, 1.82) is 0 Å². The van der Waals surface area contributed by atoms with Crippen LogP contribution in [0.1, 0.15) is 12.5 Å². The Balaban J connectivity index is 2.18. The van der Waals surface area contributed by atoms with Gasteiger partial charge in [-0.2, -0.15) is 5.10 Å². The Labute approximate surface area is 98.7 Å². The molecule has 0 saturated carbocycles. The predicted molar refractivity (Wildman–Crippen MR) is 67.8 cm³/mol. The number of carbonyl (C=O) groups is 1. The number of nitrogens with two attached hydrogens (primary N) is 1. The van der Waals surface area contributed by atoms with Crippen molar-refractivity contribution in [3.63, 3.8) is 0 Å². The molecule has 2 amide bonds. The van der Waals surface area contributed by atoms with Gasteiger partial charge in [0.05, 0.1) is 0 Å². The van der Waals surface area contributed by atoms with E-state index < -0.39 is 6.03 Å². The molecule has 0 radical (unpaired) electrons. The third-order valence-electron chi connectivity index (χ3n) is 2.48. The number of primary amides is 1. The van der Waals surface area contributed by atoms with Crippen molar-refractivity contribution in [1.82, 2.24) is 10.4 Å². The zero-order valence-corrected chi connectivity index (χ0v) is 9.53. The van der Waals surface area contributed by atoms with Crippen LogP contribution in [0.2, 0.25) is 0 Å². The smallest absolute Gasteiger partial charge is 0.332 e. The summed E-state index contributed by atoms with van der Waals surface area (Å²) in [4.78, 5) is 13.7. The minimum atomic E-state index is -0.650. The maximum atomic E-state index is 10.5. The molecule has 5 nitrogen and oxygen atoms in total. The Bertz CT molecular complexity index is 571. The molecule has 0 atom stereocenters. The highest BCUT2D eigenvalue weighted by Gasteiger charge is 2.04. The molecule has 0 bridgehead atoms. The first-order valence-corrected chi connectivity index (χ1v) is 5.30. The minimum absolute atomic E-state index is 0.650. The Morgan fingerprint density at radius 3 is 3.00 bits per heavy atom. The Hall–Kier alpha value is -2.30. The van der Waals surface area contributed by atoms with E-state index in [9.17, 15) is 4.79 Å². The summed E-state index contributed by atoms with van der Waals surface area (Å²) in [5.41, 5.74) is 10.2. The molecule has 88 valence electrons. The normalized spacial score (nSPS) is 11.7. The van der Waals surface area contributed by atoms with Crippen LogP contribution in [0.5, 0.6) is 0 Å². The van der Waals surface area contributed by atoms with Crippen LogP contribution in [0.4, 0.5) is 4.79 Å². The van der Waals surface area contributed by atoms with Crippen molar-refractivity contribution in [3.8, 4) is 0 Å². The molecular formula is C12H14N4O. The van der Waals surface area contributed by atoms with E-state index in [2.05, 4.69) is 21.6 Å². The van der Waals surface area contributed by atoms with Gasteiger partial charge in [-0.25, -0.2) is 10.2 Å². The number of rotatable bonds is 3. The third-order valence-corrected chi connectivity index (χ3v) is 2.48.